The Morgan fingerprint density at radius 2 is 1.76 bits per heavy atom. The van der Waals surface area contributed by atoms with Gasteiger partial charge in [0.15, 0.2) is 0 Å². The maximum absolute atomic E-state index is 12.7. The van der Waals surface area contributed by atoms with Crippen molar-refractivity contribution in [3.8, 4) is 5.69 Å². The van der Waals surface area contributed by atoms with Gasteiger partial charge in [0.2, 0.25) is 0 Å². The minimum atomic E-state index is -4.62. The van der Waals surface area contributed by atoms with Crippen LogP contribution in [-0.2, 0) is 6.18 Å². The molecular weight excluding hydrogens is 333 g/mol. The molecule has 2 heterocycles. The average molecular weight is 346 g/mol. The van der Waals surface area contributed by atoms with E-state index in [-0.39, 0.29) is 17.1 Å². The normalized spacial score (nSPS) is 11.3. The van der Waals surface area contributed by atoms with E-state index in [0.29, 0.717) is 0 Å². The fourth-order valence-electron chi connectivity index (χ4n) is 2.23. The van der Waals surface area contributed by atoms with E-state index < -0.39 is 17.8 Å². The Labute approximate surface area is 140 Å². The van der Waals surface area contributed by atoms with Crippen LogP contribution in [-0.4, -0.2) is 15.5 Å². The summed E-state index contributed by atoms with van der Waals surface area (Å²) in [5.41, 5.74) is 5.79. The summed E-state index contributed by atoms with van der Waals surface area (Å²) in [5.74, 6) is -0.774. The highest BCUT2D eigenvalue weighted by atomic mass is 19.4. The standard InChI is InChI=1S/C17H13F3N4O/c18-17(19,20)15-8-4-7-13(22-15)16(25)23-14-10-24(9-12(14)21)11-5-2-1-3-6-11/h1-10H,21H2,(H,23,25). The van der Waals surface area contributed by atoms with E-state index in [2.05, 4.69) is 10.3 Å². The number of nitrogens with two attached hydrogens (primary N) is 1. The summed E-state index contributed by atoms with van der Waals surface area (Å²) >= 11 is 0. The minimum Gasteiger partial charge on any atom is -0.396 e. The molecule has 0 bridgehead atoms. The van der Waals surface area contributed by atoms with Gasteiger partial charge in [-0.15, -0.1) is 0 Å². The molecule has 0 atom stereocenters. The number of carbonyl (C=O) groups excluding carboxylic acids is 1. The lowest BCUT2D eigenvalue weighted by Gasteiger charge is -2.08. The molecule has 0 aliphatic carbocycles. The first-order valence-corrected chi connectivity index (χ1v) is 7.23. The Kier molecular flexibility index (Phi) is 4.18. The van der Waals surface area contributed by atoms with Crippen molar-refractivity contribution in [2.24, 2.45) is 0 Å². The first-order valence-electron chi connectivity index (χ1n) is 7.23. The third kappa shape index (κ3) is 3.63. The van der Waals surface area contributed by atoms with E-state index >= 15 is 0 Å². The van der Waals surface area contributed by atoms with Gasteiger partial charge < -0.3 is 15.6 Å². The topological polar surface area (TPSA) is 72.9 Å². The number of anilines is 2. The fraction of sp³-hybridized carbons (Fsp3) is 0.0588. The van der Waals surface area contributed by atoms with Crippen molar-refractivity contribution < 1.29 is 18.0 Å². The summed E-state index contributed by atoms with van der Waals surface area (Å²) in [7, 11) is 0. The number of alkyl halides is 3. The second-order valence-corrected chi connectivity index (χ2v) is 5.23. The number of hydrogen-bond donors (Lipinski definition) is 2. The van der Waals surface area contributed by atoms with Crippen molar-refractivity contribution in [1.82, 2.24) is 9.55 Å². The van der Waals surface area contributed by atoms with Crippen molar-refractivity contribution in [3.63, 3.8) is 0 Å². The van der Waals surface area contributed by atoms with Gasteiger partial charge in [0.05, 0.1) is 11.4 Å². The number of benzene rings is 1. The molecule has 3 rings (SSSR count). The first kappa shape index (κ1) is 16.6. The smallest absolute Gasteiger partial charge is 0.396 e. The van der Waals surface area contributed by atoms with Crippen LogP contribution in [0.1, 0.15) is 16.2 Å². The van der Waals surface area contributed by atoms with Gasteiger partial charge in [-0.3, -0.25) is 4.79 Å². The van der Waals surface area contributed by atoms with Crippen molar-refractivity contribution in [2.45, 2.75) is 6.18 Å². The van der Waals surface area contributed by atoms with Crippen LogP contribution in [0.15, 0.2) is 60.9 Å². The molecule has 0 aliphatic rings. The lowest BCUT2D eigenvalue weighted by molar-refractivity contribution is -0.141. The molecule has 5 nitrogen and oxygen atoms in total. The zero-order chi connectivity index (χ0) is 18.0. The van der Waals surface area contributed by atoms with Crippen LogP contribution in [0.25, 0.3) is 5.69 Å². The zero-order valence-electron chi connectivity index (χ0n) is 12.8. The fourth-order valence-corrected chi connectivity index (χ4v) is 2.23. The van der Waals surface area contributed by atoms with Gasteiger partial charge in [0, 0.05) is 18.1 Å². The van der Waals surface area contributed by atoms with E-state index in [1.165, 1.54) is 6.07 Å². The predicted molar refractivity (Wildman–Crippen MR) is 87.4 cm³/mol. The maximum atomic E-state index is 12.7. The molecule has 3 aromatic rings. The molecule has 0 radical (unpaired) electrons. The molecule has 1 aromatic carbocycles. The molecule has 0 saturated carbocycles. The molecule has 128 valence electrons. The molecule has 0 spiro atoms. The van der Waals surface area contributed by atoms with Gasteiger partial charge in [-0.2, -0.15) is 13.2 Å². The third-order valence-electron chi connectivity index (χ3n) is 3.43. The Balaban J connectivity index is 1.84. The van der Waals surface area contributed by atoms with Crippen molar-refractivity contribution in [2.75, 3.05) is 11.1 Å². The maximum Gasteiger partial charge on any atom is 0.433 e. The average Bonchev–Trinajstić information content (AvgIpc) is 2.96. The number of aromatic nitrogens is 2. The van der Waals surface area contributed by atoms with Crippen LogP contribution in [0.4, 0.5) is 24.5 Å². The molecule has 0 unspecified atom stereocenters. The van der Waals surface area contributed by atoms with E-state index in [9.17, 15) is 18.0 Å². The summed E-state index contributed by atoms with van der Waals surface area (Å²) in [4.78, 5) is 15.5. The van der Waals surface area contributed by atoms with Gasteiger partial charge >= 0.3 is 6.18 Å². The second-order valence-electron chi connectivity index (χ2n) is 5.23. The summed E-state index contributed by atoms with van der Waals surface area (Å²) in [6.07, 6.45) is -1.44. The van der Waals surface area contributed by atoms with Crippen LogP contribution in [0.3, 0.4) is 0 Å². The Morgan fingerprint density at radius 3 is 2.44 bits per heavy atom. The number of halogens is 3. The van der Waals surface area contributed by atoms with Gasteiger partial charge in [0.25, 0.3) is 5.91 Å². The predicted octanol–water partition coefficient (Wildman–Crippen LogP) is 3.73. The van der Waals surface area contributed by atoms with Crippen molar-refractivity contribution >= 4 is 17.3 Å². The molecule has 0 fully saturated rings. The third-order valence-corrected chi connectivity index (χ3v) is 3.43. The van der Waals surface area contributed by atoms with E-state index in [4.69, 9.17) is 5.73 Å². The number of nitrogen functional groups attached to an aromatic ring is 1. The van der Waals surface area contributed by atoms with Gasteiger partial charge in [0.1, 0.15) is 11.4 Å². The van der Waals surface area contributed by atoms with E-state index in [1.807, 2.05) is 30.3 Å². The molecule has 8 heteroatoms. The molecule has 1 amide bonds. The number of nitrogens with zero attached hydrogens (tertiary/aromatic N) is 2. The van der Waals surface area contributed by atoms with Crippen LogP contribution in [0, 0.1) is 0 Å². The minimum absolute atomic E-state index is 0.282. The van der Waals surface area contributed by atoms with Crippen LogP contribution >= 0.6 is 0 Å². The quantitative estimate of drug-likeness (QED) is 0.759. The monoisotopic (exact) mass is 346 g/mol. The van der Waals surface area contributed by atoms with Crippen molar-refractivity contribution in [3.05, 3.63) is 72.3 Å². The van der Waals surface area contributed by atoms with Crippen LogP contribution in [0.2, 0.25) is 0 Å². The molecule has 0 aliphatic heterocycles. The summed E-state index contributed by atoms with van der Waals surface area (Å²) in [6, 6.07) is 12.4. The lowest BCUT2D eigenvalue weighted by atomic mass is 10.2. The summed E-state index contributed by atoms with van der Waals surface area (Å²) < 4.78 is 39.8. The number of hydrogen-bond acceptors (Lipinski definition) is 3. The van der Waals surface area contributed by atoms with Gasteiger partial charge in [-0.05, 0) is 24.3 Å². The van der Waals surface area contributed by atoms with Gasteiger partial charge in [-0.1, -0.05) is 24.3 Å². The number of pyridine rings is 1. The Morgan fingerprint density at radius 1 is 1.04 bits per heavy atom. The summed E-state index contributed by atoms with van der Waals surface area (Å²) in [6.45, 7) is 0. The number of rotatable bonds is 3. The first-order chi connectivity index (χ1) is 11.8. The lowest BCUT2D eigenvalue weighted by Crippen LogP contribution is -2.17. The van der Waals surface area contributed by atoms with E-state index in [0.717, 1.165) is 17.8 Å². The zero-order valence-corrected chi connectivity index (χ0v) is 12.8. The number of nitrogens with one attached hydrogen (secondary N) is 1. The SMILES string of the molecule is Nc1cn(-c2ccccc2)cc1NC(=O)c1cccc(C(F)(F)F)n1. The number of carbonyl (C=O) groups is 1. The van der Waals surface area contributed by atoms with Crippen LogP contribution in [0.5, 0.6) is 0 Å². The Hall–Kier alpha value is -3.29. The van der Waals surface area contributed by atoms with Gasteiger partial charge in [-0.25, -0.2) is 4.98 Å². The molecule has 25 heavy (non-hydrogen) atoms. The second kappa shape index (κ2) is 6.31. The van der Waals surface area contributed by atoms with Crippen molar-refractivity contribution in [1.29, 1.82) is 0 Å². The largest absolute Gasteiger partial charge is 0.433 e. The number of para-hydroxylation sites is 1. The Bertz CT molecular complexity index is 904. The highest BCUT2D eigenvalue weighted by Crippen LogP contribution is 2.28. The molecule has 2 aromatic heterocycles. The highest BCUT2D eigenvalue weighted by molar-refractivity contribution is 6.04. The van der Waals surface area contributed by atoms with E-state index in [1.54, 1.807) is 17.0 Å². The molecule has 0 saturated heterocycles. The number of amides is 1. The van der Waals surface area contributed by atoms with Crippen LogP contribution < -0.4 is 11.1 Å². The molecule has 3 N–H and O–H groups in total. The highest BCUT2D eigenvalue weighted by Gasteiger charge is 2.33. The molecular formula is C17H13F3N4O. The summed E-state index contributed by atoms with van der Waals surface area (Å²) in [5, 5.41) is 2.48.